The molecule has 0 bridgehead atoms. The minimum absolute atomic E-state index is 0.0138. The Hall–Kier alpha value is -3.49. The van der Waals surface area contributed by atoms with Crippen LogP contribution in [0.5, 0.6) is 11.5 Å². The predicted octanol–water partition coefficient (Wildman–Crippen LogP) is 5.12. The van der Waals surface area contributed by atoms with Crippen LogP contribution >= 0.6 is 0 Å². The molecule has 2 aliphatic heterocycles. The summed E-state index contributed by atoms with van der Waals surface area (Å²) in [5.41, 5.74) is 0.987. The van der Waals surface area contributed by atoms with Crippen LogP contribution in [0.25, 0.3) is 0 Å². The number of hydrogen-bond acceptors (Lipinski definition) is 5. The van der Waals surface area contributed by atoms with Gasteiger partial charge >= 0.3 is 12.1 Å². The molecule has 172 valence electrons. The van der Waals surface area contributed by atoms with E-state index in [2.05, 4.69) is 5.32 Å². The lowest BCUT2D eigenvalue weighted by molar-refractivity contribution is -0.170. The number of carbonyl (C=O) groups is 2. The first-order chi connectivity index (χ1) is 15.5. The highest BCUT2D eigenvalue weighted by molar-refractivity contribution is 6.07. The number of ether oxygens (including phenoxy) is 2. The van der Waals surface area contributed by atoms with Crippen molar-refractivity contribution in [3.05, 3.63) is 59.3 Å². The molecule has 0 aromatic heterocycles. The molecular weight excluding hydrogens is 437 g/mol. The van der Waals surface area contributed by atoms with Crippen molar-refractivity contribution in [2.75, 3.05) is 17.0 Å². The van der Waals surface area contributed by atoms with Crippen molar-refractivity contribution >= 4 is 23.1 Å². The van der Waals surface area contributed by atoms with Crippen LogP contribution in [0.3, 0.4) is 0 Å². The topological polar surface area (TPSA) is 67.9 Å². The van der Waals surface area contributed by atoms with Crippen LogP contribution < -0.4 is 19.7 Å². The van der Waals surface area contributed by atoms with Crippen LogP contribution in [0.1, 0.15) is 38.3 Å². The van der Waals surface area contributed by atoms with Crippen LogP contribution in [0.4, 0.5) is 24.5 Å². The van der Waals surface area contributed by atoms with E-state index < -0.39 is 18.1 Å². The summed E-state index contributed by atoms with van der Waals surface area (Å²) in [6.45, 7) is 3.85. The van der Waals surface area contributed by atoms with Gasteiger partial charge in [-0.25, -0.2) is 0 Å². The van der Waals surface area contributed by atoms with Crippen molar-refractivity contribution in [1.82, 2.24) is 0 Å². The van der Waals surface area contributed by atoms with Gasteiger partial charge in [0.1, 0.15) is 0 Å². The summed E-state index contributed by atoms with van der Waals surface area (Å²) in [5.74, 6) is -1.55. The summed E-state index contributed by atoms with van der Waals surface area (Å²) in [6.07, 6.45) is -4.56. The number of alkyl halides is 3. The molecule has 6 nitrogen and oxygen atoms in total. The number of para-hydroxylation sites is 2. The molecule has 0 radical (unpaired) electrons. The van der Waals surface area contributed by atoms with Crippen LogP contribution in [-0.2, 0) is 9.59 Å². The number of amides is 1. The van der Waals surface area contributed by atoms with Gasteiger partial charge in [0.05, 0.1) is 17.4 Å². The van der Waals surface area contributed by atoms with Gasteiger partial charge < -0.3 is 14.8 Å². The van der Waals surface area contributed by atoms with Gasteiger partial charge in [-0.1, -0.05) is 32.0 Å². The Morgan fingerprint density at radius 2 is 1.82 bits per heavy atom. The van der Waals surface area contributed by atoms with Crippen molar-refractivity contribution in [2.45, 2.75) is 38.9 Å². The third-order valence-electron chi connectivity index (χ3n) is 6.07. The number of benzene rings is 2. The molecule has 33 heavy (non-hydrogen) atoms. The summed E-state index contributed by atoms with van der Waals surface area (Å²) in [5, 5.41) is 3.18. The van der Waals surface area contributed by atoms with E-state index >= 15 is 0 Å². The normalized spacial score (nSPS) is 21.2. The highest BCUT2D eigenvalue weighted by Gasteiger charge is 2.50. The van der Waals surface area contributed by atoms with Crippen molar-refractivity contribution < 1.29 is 32.2 Å². The molecule has 0 saturated carbocycles. The maximum Gasteiger partial charge on any atom is 0.471 e. The summed E-state index contributed by atoms with van der Waals surface area (Å²) < 4.78 is 52.3. The maximum absolute atomic E-state index is 13.9. The van der Waals surface area contributed by atoms with Crippen LogP contribution in [-0.4, -0.2) is 24.7 Å². The Balaban J connectivity index is 1.79. The lowest BCUT2D eigenvalue weighted by Gasteiger charge is -2.37. The largest absolute Gasteiger partial charge is 0.471 e. The Kier molecular flexibility index (Phi) is 4.70. The molecule has 1 N–H and O–H groups in total. The zero-order valence-corrected chi connectivity index (χ0v) is 18.0. The van der Waals surface area contributed by atoms with E-state index in [1.807, 2.05) is 13.8 Å². The van der Waals surface area contributed by atoms with E-state index in [0.717, 1.165) is 0 Å². The second-order valence-electron chi connectivity index (χ2n) is 9.16. The number of fused-ring (bicyclic) bond motifs is 2. The average molecular weight is 458 g/mol. The van der Waals surface area contributed by atoms with Crippen molar-refractivity contribution in [3.8, 4) is 11.5 Å². The molecule has 0 fully saturated rings. The number of anilines is 2. The minimum Gasteiger partial charge on any atom is -0.454 e. The molecule has 1 atom stereocenters. The van der Waals surface area contributed by atoms with Gasteiger partial charge in [0.25, 0.3) is 0 Å². The molecule has 0 spiro atoms. The lowest BCUT2D eigenvalue weighted by Crippen LogP contribution is -2.45. The smallest absolute Gasteiger partial charge is 0.454 e. The maximum atomic E-state index is 13.9. The van der Waals surface area contributed by atoms with Gasteiger partial charge in [-0.15, -0.1) is 0 Å². The van der Waals surface area contributed by atoms with E-state index in [-0.39, 0.29) is 35.7 Å². The summed E-state index contributed by atoms with van der Waals surface area (Å²) in [7, 11) is 0. The standard InChI is InChI=1S/C24H21F3N2O4/c1-23(2)10-15-20(17(30)11-23)21(13-7-8-18-19(9-13)33-12-32-18)29(22(31)24(25,26)27)16-6-4-3-5-14(16)28-15/h3-9,21,28H,10-12H2,1-2H3/t21-/m0/s1. The molecule has 1 aliphatic carbocycles. The van der Waals surface area contributed by atoms with E-state index in [4.69, 9.17) is 9.47 Å². The number of allylic oxidation sites excluding steroid dienone is 1. The molecule has 3 aliphatic rings. The molecule has 2 heterocycles. The summed E-state index contributed by atoms with van der Waals surface area (Å²) in [4.78, 5) is 26.9. The first-order valence-corrected chi connectivity index (χ1v) is 10.5. The second kappa shape index (κ2) is 7.26. The molecule has 2 aromatic carbocycles. The number of Topliss-reactive ketones (excluding diaryl/α,β-unsaturated/α-hetero) is 1. The van der Waals surface area contributed by atoms with Crippen molar-refractivity contribution in [3.63, 3.8) is 0 Å². The molecular formula is C24H21F3N2O4. The van der Waals surface area contributed by atoms with E-state index in [9.17, 15) is 22.8 Å². The number of halogens is 3. The van der Waals surface area contributed by atoms with E-state index in [1.165, 1.54) is 12.1 Å². The third kappa shape index (κ3) is 3.61. The quantitative estimate of drug-likeness (QED) is 0.643. The summed E-state index contributed by atoms with van der Waals surface area (Å²) >= 11 is 0. The second-order valence-corrected chi connectivity index (χ2v) is 9.16. The highest BCUT2D eigenvalue weighted by atomic mass is 19.4. The van der Waals surface area contributed by atoms with Crippen LogP contribution in [0.15, 0.2) is 53.7 Å². The molecule has 0 unspecified atom stereocenters. The Morgan fingerprint density at radius 1 is 1.09 bits per heavy atom. The van der Waals surface area contributed by atoms with Gasteiger partial charge in [-0.05, 0) is 41.7 Å². The average Bonchev–Trinajstić information content (AvgIpc) is 3.14. The van der Waals surface area contributed by atoms with Gasteiger partial charge in [0.2, 0.25) is 6.79 Å². The zero-order chi connectivity index (χ0) is 23.5. The fourth-order valence-electron chi connectivity index (χ4n) is 4.75. The summed E-state index contributed by atoms with van der Waals surface area (Å²) in [6, 6.07) is 9.67. The monoisotopic (exact) mass is 458 g/mol. The van der Waals surface area contributed by atoms with E-state index in [0.29, 0.717) is 39.8 Å². The van der Waals surface area contributed by atoms with Crippen molar-refractivity contribution in [1.29, 1.82) is 0 Å². The van der Waals surface area contributed by atoms with Crippen LogP contribution in [0.2, 0.25) is 0 Å². The lowest BCUT2D eigenvalue weighted by atomic mass is 9.73. The van der Waals surface area contributed by atoms with E-state index in [1.54, 1.807) is 30.3 Å². The number of ketones is 1. The Labute approximate surface area is 188 Å². The first-order valence-electron chi connectivity index (χ1n) is 10.5. The fraction of sp³-hybridized carbons (Fsp3) is 0.333. The number of nitrogens with zero attached hydrogens (tertiary/aromatic N) is 1. The highest BCUT2D eigenvalue weighted by Crippen LogP contribution is 2.50. The Bertz CT molecular complexity index is 1200. The number of rotatable bonds is 1. The van der Waals surface area contributed by atoms with Gasteiger partial charge in [0, 0.05) is 17.7 Å². The van der Waals surface area contributed by atoms with Gasteiger partial charge in [-0.3, -0.25) is 14.5 Å². The molecule has 9 heteroatoms. The fourth-order valence-corrected chi connectivity index (χ4v) is 4.75. The van der Waals surface area contributed by atoms with Crippen molar-refractivity contribution in [2.24, 2.45) is 5.41 Å². The Morgan fingerprint density at radius 3 is 2.58 bits per heavy atom. The number of carbonyl (C=O) groups excluding carboxylic acids is 2. The predicted molar refractivity (Wildman–Crippen MR) is 114 cm³/mol. The molecule has 5 rings (SSSR count). The van der Waals surface area contributed by atoms with Gasteiger partial charge in [-0.2, -0.15) is 13.2 Å². The first kappa shape index (κ1) is 21.4. The third-order valence-corrected chi connectivity index (χ3v) is 6.07. The number of nitrogens with one attached hydrogen (secondary N) is 1. The molecule has 1 amide bonds. The number of hydrogen-bond donors (Lipinski definition) is 1. The molecule has 2 aromatic rings. The minimum atomic E-state index is -5.15. The molecule has 0 saturated heterocycles. The van der Waals surface area contributed by atoms with Crippen LogP contribution in [0, 0.1) is 5.41 Å². The zero-order valence-electron chi connectivity index (χ0n) is 18.0. The SMILES string of the molecule is CC1(C)CC(=O)C2=C(C1)Nc1ccccc1N(C(=O)C(F)(F)F)[C@H]2c1ccc2c(c1)OCO2. The van der Waals surface area contributed by atoms with Gasteiger partial charge in [0.15, 0.2) is 17.3 Å².